The summed E-state index contributed by atoms with van der Waals surface area (Å²) in [5.41, 5.74) is 1.94. The first-order chi connectivity index (χ1) is 10.2. The zero-order valence-electron chi connectivity index (χ0n) is 11.2. The lowest BCUT2D eigenvalue weighted by Crippen LogP contribution is -1.93. The van der Waals surface area contributed by atoms with E-state index in [1.165, 1.54) is 6.07 Å². The van der Waals surface area contributed by atoms with Crippen LogP contribution in [-0.4, -0.2) is 15.1 Å². The molecule has 1 aromatic heterocycles. The van der Waals surface area contributed by atoms with Gasteiger partial charge < -0.3 is 4.52 Å². The molecule has 3 rings (SSSR count). The van der Waals surface area contributed by atoms with E-state index in [4.69, 9.17) is 4.52 Å². The van der Waals surface area contributed by atoms with E-state index in [1.54, 1.807) is 19.1 Å². The van der Waals surface area contributed by atoms with Crippen molar-refractivity contribution < 1.29 is 9.45 Å². The first-order valence-corrected chi connectivity index (χ1v) is 6.30. The van der Waals surface area contributed by atoms with Crippen molar-refractivity contribution in [3.05, 3.63) is 64.2 Å². The Morgan fingerprint density at radius 1 is 1.10 bits per heavy atom. The van der Waals surface area contributed by atoms with Crippen LogP contribution in [0.25, 0.3) is 22.8 Å². The van der Waals surface area contributed by atoms with Crippen molar-refractivity contribution in [1.82, 2.24) is 10.1 Å². The van der Waals surface area contributed by atoms with Crippen molar-refractivity contribution in [2.75, 3.05) is 0 Å². The van der Waals surface area contributed by atoms with E-state index in [0.717, 1.165) is 5.56 Å². The Morgan fingerprint density at radius 2 is 1.86 bits per heavy atom. The normalized spacial score (nSPS) is 10.5. The van der Waals surface area contributed by atoms with Crippen molar-refractivity contribution in [3.63, 3.8) is 0 Å². The van der Waals surface area contributed by atoms with Crippen LogP contribution in [-0.2, 0) is 0 Å². The largest absolute Gasteiger partial charge is 0.334 e. The Balaban J connectivity index is 2.05. The second-order valence-corrected chi connectivity index (χ2v) is 4.50. The molecule has 2 aromatic carbocycles. The quantitative estimate of drug-likeness (QED) is 0.541. The third kappa shape index (κ3) is 2.38. The number of hydrogen-bond donors (Lipinski definition) is 0. The first-order valence-electron chi connectivity index (χ1n) is 6.30. The van der Waals surface area contributed by atoms with Gasteiger partial charge in [0, 0.05) is 22.8 Å². The molecule has 0 fully saturated rings. The minimum atomic E-state index is -0.423. The second-order valence-electron chi connectivity index (χ2n) is 4.50. The number of rotatable bonds is 3. The summed E-state index contributed by atoms with van der Waals surface area (Å²) in [6, 6.07) is 14.2. The lowest BCUT2D eigenvalue weighted by molar-refractivity contribution is -0.385. The van der Waals surface area contributed by atoms with Crippen molar-refractivity contribution in [2.45, 2.75) is 6.92 Å². The Labute approximate surface area is 120 Å². The van der Waals surface area contributed by atoms with Crippen LogP contribution in [0.2, 0.25) is 0 Å². The van der Waals surface area contributed by atoms with Gasteiger partial charge in [-0.1, -0.05) is 41.6 Å². The van der Waals surface area contributed by atoms with E-state index in [1.807, 2.05) is 30.3 Å². The molecule has 21 heavy (non-hydrogen) atoms. The Morgan fingerprint density at radius 3 is 2.57 bits per heavy atom. The Kier molecular flexibility index (Phi) is 3.19. The van der Waals surface area contributed by atoms with Crippen LogP contribution in [0.3, 0.4) is 0 Å². The highest BCUT2D eigenvalue weighted by atomic mass is 16.6. The number of hydrogen-bond acceptors (Lipinski definition) is 5. The second kappa shape index (κ2) is 5.16. The highest BCUT2D eigenvalue weighted by Crippen LogP contribution is 2.29. The van der Waals surface area contributed by atoms with Gasteiger partial charge in [-0.25, -0.2) is 0 Å². The predicted molar refractivity (Wildman–Crippen MR) is 76.6 cm³/mol. The number of nitrogens with zero attached hydrogens (tertiary/aromatic N) is 3. The molecule has 0 aliphatic heterocycles. The third-order valence-electron chi connectivity index (χ3n) is 3.19. The molecule has 0 N–H and O–H groups in total. The maximum absolute atomic E-state index is 11.0. The van der Waals surface area contributed by atoms with Crippen molar-refractivity contribution in [3.8, 4) is 22.8 Å². The molecule has 0 unspecified atom stereocenters. The van der Waals surface area contributed by atoms with Gasteiger partial charge in [-0.15, -0.1) is 0 Å². The summed E-state index contributed by atoms with van der Waals surface area (Å²) in [7, 11) is 0. The van der Waals surface area contributed by atoms with Gasteiger partial charge in [-0.2, -0.15) is 4.98 Å². The maximum Gasteiger partial charge on any atom is 0.273 e. The average Bonchev–Trinajstić information content (AvgIpc) is 2.98. The molecule has 6 nitrogen and oxygen atoms in total. The summed E-state index contributed by atoms with van der Waals surface area (Å²) in [6.45, 7) is 1.67. The van der Waals surface area contributed by atoms with Crippen LogP contribution in [0.5, 0.6) is 0 Å². The molecule has 0 spiro atoms. The molecule has 0 radical (unpaired) electrons. The molecule has 104 valence electrons. The third-order valence-corrected chi connectivity index (χ3v) is 3.19. The summed E-state index contributed by atoms with van der Waals surface area (Å²) in [5, 5.41) is 14.9. The van der Waals surface area contributed by atoms with Gasteiger partial charge in [-0.05, 0) is 13.0 Å². The smallest absolute Gasteiger partial charge is 0.273 e. The fourth-order valence-electron chi connectivity index (χ4n) is 2.09. The van der Waals surface area contributed by atoms with Gasteiger partial charge in [0.1, 0.15) is 0 Å². The van der Waals surface area contributed by atoms with Crippen LogP contribution in [0.15, 0.2) is 53.1 Å². The molecule has 0 atom stereocenters. The molecule has 1 heterocycles. The zero-order chi connectivity index (χ0) is 14.8. The maximum atomic E-state index is 11.0. The molecule has 0 aliphatic carbocycles. The lowest BCUT2D eigenvalue weighted by Gasteiger charge is -2.00. The average molecular weight is 281 g/mol. The molecule has 3 aromatic rings. The summed E-state index contributed by atoms with van der Waals surface area (Å²) >= 11 is 0. The molecule has 0 saturated heterocycles. The molecule has 0 amide bonds. The minimum Gasteiger partial charge on any atom is -0.334 e. The zero-order valence-corrected chi connectivity index (χ0v) is 11.2. The SMILES string of the molecule is Cc1c(-c2nc(-c3ccccc3)no2)cccc1[N+](=O)[O-]. The van der Waals surface area contributed by atoms with E-state index in [9.17, 15) is 10.1 Å². The molecule has 0 aliphatic rings. The lowest BCUT2D eigenvalue weighted by atomic mass is 10.1. The van der Waals surface area contributed by atoms with Gasteiger partial charge in [0.15, 0.2) is 0 Å². The summed E-state index contributed by atoms with van der Waals surface area (Å²) in [4.78, 5) is 14.9. The fourth-order valence-corrected chi connectivity index (χ4v) is 2.09. The van der Waals surface area contributed by atoms with Crippen LogP contribution in [0.1, 0.15) is 5.56 Å². The summed E-state index contributed by atoms with van der Waals surface area (Å²) in [5.74, 6) is 0.728. The van der Waals surface area contributed by atoms with Crippen LogP contribution < -0.4 is 0 Å². The van der Waals surface area contributed by atoms with E-state index in [-0.39, 0.29) is 11.6 Å². The predicted octanol–water partition coefficient (Wildman–Crippen LogP) is 3.62. The molecule has 6 heteroatoms. The number of nitro groups is 1. The van der Waals surface area contributed by atoms with Crippen molar-refractivity contribution in [1.29, 1.82) is 0 Å². The standard InChI is InChI=1S/C15H11N3O3/c1-10-12(8-5-9-13(10)18(19)20)15-16-14(17-21-15)11-6-3-2-4-7-11/h2-9H,1H3. The molecular weight excluding hydrogens is 270 g/mol. The van der Waals surface area contributed by atoms with Gasteiger partial charge >= 0.3 is 0 Å². The van der Waals surface area contributed by atoms with E-state index >= 15 is 0 Å². The monoisotopic (exact) mass is 281 g/mol. The van der Waals surface area contributed by atoms with Crippen molar-refractivity contribution >= 4 is 5.69 Å². The first kappa shape index (κ1) is 13.0. The number of nitro benzene ring substituents is 1. The molecule has 0 bridgehead atoms. The van der Waals surface area contributed by atoms with Gasteiger partial charge in [0.2, 0.25) is 5.82 Å². The van der Waals surface area contributed by atoms with Gasteiger partial charge in [-0.3, -0.25) is 10.1 Å². The van der Waals surface area contributed by atoms with E-state index in [0.29, 0.717) is 17.0 Å². The molecular formula is C15H11N3O3. The van der Waals surface area contributed by atoms with Gasteiger partial charge in [0.25, 0.3) is 11.6 Å². The summed E-state index contributed by atoms with van der Waals surface area (Å²) in [6.07, 6.45) is 0. The Hall–Kier alpha value is -3.02. The summed E-state index contributed by atoms with van der Waals surface area (Å²) < 4.78 is 5.24. The van der Waals surface area contributed by atoms with Crippen LogP contribution >= 0.6 is 0 Å². The van der Waals surface area contributed by atoms with Crippen LogP contribution in [0, 0.1) is 17.0 Å². The minimum absolute atomic E-state index is 0.0342. The van der Waals surface area contributed by atoms with Crippen LogP contribution in [0.4, 0.5) is 5.69 Å². The van der Waals surface area contributed by atoms with Crippen molar-refractivity contribution in [2.24, 2.45) is 0 Å². The topological polar surface area (TPSA) is 82.1 Å². The highest BCUT2D eigenvalue weighted by Gasteiger charge is 2.18. The van der Waals surface area contributed by atoms with E-state index < -0.39 is 4.92 Å². The van der Waals surface area contributed by atoms with Gasteiger partial charge in [0.05, 0.1) is 4.92 Å². The highest BCUT2D eigenvalue weighted by molar-refractivity contribution is 5.66. The number of benzene rings is 2. The Bertz CT molecular complexity index is 797. The number of aromatic nitrogens is 2. The fraction of sp³-hybridized carbons (Fsp3) is 0.0667. The van der Waals surface area contributed by atoms with E-state index in [2.05, 4.69) is 10.1 Å². The molecule has 0 saturated carbocycles.